The van der Waals surface area contributed by atoms with Gasteiger partial charge in [0.2, 0.25) is 6.57 Å². The molecular formula is C19H32N3OPS. The maximum atomic E-state index is 6.86. The highest BCUT2D eigenvalue weighted by atomic mass is 32.5. The second-order valence-electron chi connectivity index (χ2n) is 7.70. The molecule has 1 aromatic carbocycles. The summed E-state index contributed by atoms with van der Waals surface area (Å²) in [5.74, 6) is 0. The molecule has 2 fully saturated rings. The van der Waals surface area contributed by atoms with Crippen molar-refractivity contribution in [2.24, 2.45) is 0 Å². The van der Waals surface area contributed by atoms with E-state index in [1.165, 1.54) is 31.2 Å². The molecule has 0 aromatic heterocycles. The van der Waals surface area contributed by atoms with Crippen molar-refractivity contribution in [3.8, 4) is 0 Å². The number of hydrogen-bond acceptors (Lipinski definition) is 3. The summed E-state index contributed by atoms with van der Waals surface area (Å²) in [4.78, 5) is 2.22. The SMILES string of the molecule is C[C@H]([C@@H](OP1(=S)N(C)[C@@H]2CCCC[C@H]2N1C)c1ccccc1)N(C)C. The van der Waals surface area contributed by atoms with E-state index >= 15 is 0 Å². The Bertz CT molecular complexity index is 604. The molecule has 0 bridgehead atoms. The van der Waals surface area contributed by atoms with Gasteiger partial charge in [-0.25, -0.2) is 9.34 Å². The van der Waals surface area contributed by atoms with Gasteiger partial charge >= 0.3 is 0 Å². The molecule has 25 heavy (non-hydrogen) atoms. The van der Waals surface area contributed by atoms with Gasteiger partial charge in [0.1, 0.15) is 6.10 Å². The fourth-order valence-electron chi connectivity index (χ4n) is 4.20. The summed E-state index contributed by atoms with van der Waals surface area (Å²) in [6, 6.07) is 11.9. The van der Waals surface area contributed by atoms with Gasteiger partial charge in [-0.05, 0) is 65.3 Å². The number of hydrogen-bond donors (Lipinski definition) is 0. The first-order valence-electron chi connectivity index (χ1n) is 9.32. The molecule has 0 radical (unpaired) electrons. The number of fused-ring (bicyclic) bond motifs is 1. The molecule has 3 rings (SSSR count). The largest absolute Gasteiger partial charge is 0.317 e. The smallest absolute Gasteiger partial charge is 0.204 e. The van der Waals surface area contributed by atoms with Crippen molar-refractivity contribution < 1.29 is 4.52 Å². The van der Waals surface area contributed by atoms with E-state index in [0.717, 1.165) is 0 Å². The van der Waals surface area contributed by atoms with Crippen LogP contribution in [0.4, 0.5) is 0 Å². The fraction of sp³-hybridized carbons (Fsp3) is 0.684. The van der Waals surface area contributed by atoms with Crippen molar-refractivity contribution in [1.82, 2.24) is 14.2 Å². The Morgan fingerprint density at radius 1 is 1.08 bits per heavy atom. The molecule has 4 nitrogen and oxygen atoms in total. The van der Waals surface area contributed by atoms with Crippen LogP contribution in [0.5, 0.6) is 0 Å². The van der Waals surface area contributed by atoms with Crippen LogP contribution in [-0.2, 0) is 16.3 Å². The molecule has 1 saturated heterocycles. The maximum Gasteiger partial charge on any atom is 0.204 e. The van der Waals surface area contributed by atoms with Gasteiger partial charge in [0, 0.05) is 18.1 Å². The highest BCUT2D eigenvalue weighted by Crippen LogP contribution is 2.65. The molecule has 0 amide bonds. The lowest BCUT2D eigenvalue weighted by atomic mass is 9.91. The molecule has 1 aromatic rings. The molecule has 0 N–H and O–H groups in total. The molecule has 4 atom stereocenters. The van der Waals surface area contributed by atoms with E-state index in [1.807, 2.05) is 0 Å². The summed E-state index contributed by atoms with van der Waals surface area (Å²) < 4.78 is 11.7. The van der Waals surface area contributed by atoms with Crippen molar-refractivity contribution in [2.75, 3.05) is 28.2 Å². The number of benzene rings is 1. The zero-order chi connectivity index (χ0) is 18.2. The minimum absolute atomic E-state index is 0.0212. The van der Waals surface area contributed by atoms with Gasteiger partial charge in [-0.1, -0.05) is 43.2 Å². The van der Waals surface area contributed by atoms with Crippen LogP contribution in [0.25, 0.3) is 0 Å². The second kappa shape index (κ2) is 7.75. The molecule has 0 spiro atoms. The summed E-state index contributed by atoms with van der Waals surface area (Å²) in [7, 11) is 8.60. The van der Waals surface area contributed by atoms with E-state index in [1.54, 1.807) is 0 Å². The Morgan fingerprint density at radius 2 is 1.60 bits per heavy atom. The third kappa shape index (κ3) is 3.60. The molecule has 2 aliphatic rings. The number of nitrogens with zero attached hydrogens (tertiary/aromatic N) is 3. The first-order chi connectivity index (χ1) is 11.9. The van der Waals surface area contributed by atoms with Crippen LogP contribution in [0.1, 0.15) is 44.3 Å². The third-order valence-electron chi connectivity index (χ3n) is 6.08. The van der Waals surface area contributed by atoms with Gasteiger partial charge < -0.3 is 9.42 Å². The monoisotopic (exact) mass is 381 g/mol. The van der Waals surface area contributed by atoms with E-state index in [4.69, 9.17) is 16.3 Å². The van der Waals surface area contributed by atoms with Gasteiger partial charge in [0.25, 0.3) is 0 Å². The summed E-state index contributed by atoms with van der Waals surface area (Å²) in [5, 5.41) is 0. The van der Waals surface area contributed by atoms with Gasteiger partial charge in [0.15, 0.2) is 0 Å². The molecule has 6 heteroatoms. The highest BCUT2D eigenvalue weighted by Gasteiger charge is 2.50. The molecule has 140 valence electrons. The molecule has 1 saturated carbocycles. The highest BCUT2D eigenvalue weighted by molar-refractivity contribution is 8.10. The summed E-state index contributed by atoms with van der Waals surface area (Å²) in [6.45, 7) is 0.0252. The van der Waals surface area contributed by atoms with Crippen molar-refractivity contribution in [1.29, 1.82) is 0 Å². The normalized spacial score (nSPS) is 29.5. The molecular weight excluding hydrogens is 349 g/mol. The molecule has 1 aliphatic heterocycles. The van der Waals surface area contributed by atoms with Gasteiger partial charge in [-0.2, -0.15) is 0 Å². The lowest BCUT2D eigenvalue weighted by molar-refractivity contribution is 0.107. The molecule has 1 heterocycles. The topological polar surface area (TPSA) is 19.0 Å². The fourth-order valence-corrected chi connectivity index (χ4v) is 7.83. The predicted octanol–water partition coefficient (Wildman–Crippen LogP) is 4.11. The van der Waals surface area contributed by atoms with Crippen LogP contribution < -0.4 is 0 Å². The Morgan fingerprint density at radius 3 is 2.08 bits per heavy atom. The van der Waals surface area contributed by atoms with Crippen LogP contribution in [0.2, 0.25) is 0 Å². The minimum atomic E-state index is -2.20. The van der Waals surface area contributed by atoms with E-state index in [2.05, 4.69) is 79.7 Å². The first kappa shape index (κ1) is 19.5. The standard InChI is InChI=1S/C19H32N3OPS/c1-15(20(2)3)19(16-11-7-6-8-12-16)23-24(25)21(4)17-13-9-10-14-18(17)22(24)5/h6-8,11-12,15,17-19H,9-10,13-14H2,1-5H3/t15-,17-,18-,19-/m1/s1. The quantitative estimate of drug-likeness (QED) is 0.713. The van der Waals surface area contributed by atoms with Crippen molar-refractivity contribution in [3.63, 3.8) is 0 Å². The molecule has 0 unspecified atom stereocenters. The molecule has 1 aliphatic carbocycles. The van der Waals surface area contributed by atoms with Crippen molar-refractivity contribution in [3.05, 3.63) is 35.9 Å². The zero-order valence-electron chi connectivity index (χ0n) is 16.1. The summed E-state index contributed by atoms with van der Waals surface area (Å²) >= 11 is 6.23. The van der Waals surface area contributed by atoms with Crippen LogP contribution in [0.3, 0.4) is 0 Å². The van der Waals surface area contributed by atoms with Crippen LogP contribution in [-0.4, -0.2) is 60.6 Å². The predicted molar refractivity (Wildman–Crippen MR) is 109 cm³/mol. The lowest BCUT2D eigenvalue weighted by Crippen LogP contribution is -2.37. The number of rotatable bonds is 5. The Kier molecular flexibility index (Phi) is 6.04. The Hall–Kier alpha value is -0.290. The van der Waals surface area contributed by atoms with Gasteiger partial charge in [0.05, 0.1) is 0 Å². The second-order valence-corrected chi connectivity index (χ2v) is 11.6. The van der Waals surface area contributed by atoms with Crippen LogP contribution in [0.15, 0.2) is 30.3 Å². The van der Waals surface area contributed by atoms with Crippen LogP contribution >= 0.6 is 6.57 Å². The third-order valence-corrected chi connectivity index (χ3v) is 10.6. The minimum Gasteiger partial charge on any atom is -0.317 e. The Labute approximate surface area is 158 Å². The first-order valence-corrected chi connectivity index (χ1v) is 11.9. The van der Waals surface area contributed by atoms with E-state index < -0.39 is 6.57 Å². The van der Waals surface area contributed by atoms with Crippen LogP contribution in [0, 0.1) is 0 Å². The van der Waals surface area contributed by atoms with Gasteiger partial charge in [-0.3, -0.25) is 0 Å². The Balaban J connectivity index is 1.91. The van der Waals surface area contributed by atoms with Crippen molar-refractivity contribution >= 4 is 18.4 Å². The lowest BCUT2D eigenvalue weighted by Gasteiger charge is -2.38. The summed E-state index contributed by atoms with van der Waals surface area (Å²) in [5.41, 5.74) is 1.21. The van der Waals surface area contributed by atoms with E-state index in [-0.39, 0.29) is 12.1 Å². The summed E-state index contributed by atoms with van der Waals surface area (Å²) in [6.07, 6.45) is 5.08. The van der Waals surface area contributed by atoms with Gasteiger partial charge in [-0.15, -0.1) is 0 Å². The number of likely N-dealkylation sites (N-methyl/N-ethyl adjacent to an activating group) is 3. The maximum absolute atomic E-state index is 6.86. The van der Waals surface area contributed by atoms with E-state index in [9.17, 15) is 0 Å². The average molecular weight is 382 g/mol. The average Bonchev–Trinajstić information content (AvgIpc) is 2.82. The van der Waals surface area contributed by atoms with E-state index in [0.29, 0.717) is 12.1 Å². The van der Waals surface area contributed by atoms with Crippen molar-refractivity contribution in [2.45, 2.75) is 56.8 Å². The zero-order valence-corrected chi connectivity index (χ0v) is 17.8.